The van der Waals surface area contributed by atoms with Crippen LogP contribution in [0.2, 0.25) is 0 Å². The molecule has 4 rings (SSSR count). The summed E-state index contributed by atoms with van der Waals surface area (Å²) < 4.78 is 5.59. The molecule has 4 atom stereocenters. The van der Waals surface area contributed by atoms with E-state index in [2.05, 4.69) is 26.2 Å². The molecule has 32 heavy (non-hydrogen) atoms. The second-order valence-electron chi connectivity index (χ2n) is 9.08. The summed E-state index contributed by atoms with van der Waals surface area (Å²) in [5, 5.41) is 3.22. The molecule has 8 nitrogen and oxygen atoms in total. The highest BCUT2D eigenvalue weighted by molar-refractivity contribution is 9.10. The maximum absolute atomic E-state index is 13.8. The van der Waals surface area contributed by atoms with Gasteiger partial charge in [0, 0.05) is 10.5 Å². The molecule has 2 fully saturated rings. The van der Waals surface area contributed by atoms with Crippen molar-refractivity contribution in [1.82, 2.24) is 20.2 Å². The van der Waals surface area contributed by atoms with E-state index in [0.717, 1.165) is 36.6 Å². The van der Waals surface area contributed by atoms with E-state index >= 15 is 0 Å². The number of likely N-dealkylation sites (tertiary alicyclic amines) is 1. The molecular formula is C23H29BrN4O4. The lowest BCUT2D eigenvalue weighted by Gasteiger charge is -2.37. The van der Waals surface area contributed by atoms with Crippen LogP contribution in [0.4, 0.5) is 4.79 Å². The van der Waals surface area contributed by atoms with E-state index in [1.54, 1.807) is 6.07 Å². The number of ether oxygens (including phenoxy) is 1. The Hall–Kier alpha value is -2.42. The average molecular weight is 505 g/mol. The van der Waals surface area contributed by atoms with E-state index in [-0.39, 0.29) is 29.5 Å². The topological polar surface area (TPSA) is 104 Å². The van der Waals surface area contributed by atoms with Crippen molar-refractivity contribution >= 4 is 38.8 Å². The summed E-state index contributed by atoms with van der Waals surface area (Å²) in [5.41, 5.74) is 0.376. The molecule has 2 heterocycles. The molecule has 1 aromatic carbocycles. The lowest BCUT2D eigenvalue weighted by Crippen LogP contribution is -2.54. The van der Waals surface area contributed by atoms with Gasteiger partial charge in [0.15, 0.2) is 0 Å². The molecule has 9 heteroatoms. The number of H-pyrrole nitrogens is 1. The van der Waals surface area contributed by atoms with E-state index in [9.17, 15) is 14.4 Å². The maximum Gasteiger partial charge on any atom is 0.407 e. The number of fused-ring (bicyclic) bond motifs is 2. The Labute approximate surface area is 195 Å². The molecule has 1 saturated carbocycles. The van der Waals surface area contributed by atoms with Crippen LogP contribution in [0.5, 0.6) is 0 Å². The fourth-order valence-electron chi connectivity index (χ4n) is 5.17. The SMILES string of the molecule is COC(=O)N[C@H](C(=O)N1[C@H](c2nc3cc(Br)ccc3c(=O)[nH]2)C[C@@H]2CCCC[C@@H]21)C(C)C. The molecule has 1 aromatic heterocycles. The van der Waals surface area contributed by atoms with Gasteiger partial charge >= 0.3 is 6.09 Å². The second-order valence-corrected chi connectivity index (χ2v) is 9.99. The molecule has 1 aliphatic carbocycles. The summed E-state index contributed by atoms with van der Waals surface area (Å²) in [6.45, 7) is 3.80. The standard InChI is InChI=1S/C23H29BrN4O4/c1-12(2)19(26-23(31)32-3)22(30)28-17-7-5-4-6-13(17)10-18(28)20-25-16-11-14(24)8-9-15(16)21(29)27-20/h8-9,11-13,17-19H,4-7,10H2,1-3H3,(H,26,31)(H,25,27,29)/t13-,17-,18-,19-/m0/s1. The Kier molecular flexibility index (Phi) is 6.55. The zero-order chi connectivity index (χ0) is 23.0. The minimum absolute atomic E-state index is 0.0745. The van der Waals surface area contributed by atoms with E-state index < -0.39 is 12.1 Å². The van der Waals surface area contributed by atoms with Crippen molar-refractivity contribution in [3.63, 3.8) is 0 Å². The molecule has 0 radical (unpaired) electrons. The first-order valence-corrected chi connectivity index (χ1v) is 12.0. The number of rotatable bonds is 4. The van der Waals surface area contributed by atoms with Crippen LogP contribution in [0.15, 0.2) is 27.5 Å². The van der Waals surface area contributed by atoms with Crippen LogP contribution in [0.3, 0.4) is 0 Å². The van der Waals surface area contributed by atoms with Crippen LogP contribution in [-0.2, 0) is 9.53 Å². The number of carbonyl (C=O) groups excluding carboxylic acids is 2. The van der Waals surface area contributed by atoms with Gasteiger partial charge < -0.3 is 19.9 Å². The van der Waals surface area contributed by atoms with Crippen molar-refractivity contribution in [3.05, 3.63) is 38.9 Å². The Bertz CT molecular complexity index is 1090. The molecule has 172 valence electrons. The summed E-state index contributed by atoms with van der Waals surface area (Å²) in [7, 11) is 1.29. The molecule has 1 aliphatic heterocycles. The van der Waals surface area contributed by atoms with Crippen LogP contribution < -0.4 is 10.9 Å². The summed E-state index contributed by atoms with van der Waals surface area (Å²) in [4.78, 5) is 48.1. The molecule has 2 amide bonds. The van der Waals surface area contributed by atoms with Crippen molar-refractivity contribution in [2.45, 2.75) is 64.1 Å². The molecule has 2 aromatic rings. The predicted molar refractivity (Wildman–Crippen MR) is 124 cm³/mol. The maximum atomic E-state index is 13.8. The third kappa shape index (κ3) is 4.27. The Balaban J connectivity index is 1.76. The van der Waals surface area contributed by atoms with Crippen molar-refractivity contribution in [2.75, 3.05) is 7.11 Å². The Morgan fingerprint density at radius 1 is 1.28 bits per heavy atom. The van der Waals surface area contributed by atoms with Gasteiger partial charge in [-0.1, -0.05) is 42.6 Å². The number of hydrogen-bond acceptors (Lipinski definition) is 5. The van der Waals surface area contributed by atoms with Crippen LogP contribution in [0, 0.1) is 11.8 Å². The number of aromatic nitrogens is 2. The van der Waals surface area contributed by atoms with E-state index in [4.69, 9.17) is 9.72 Å². The largest absolute Gasteiger partial charge is 0.453 e. The number of halogens is 1. The van der Waals surface area contributed by atoms with Crippen molar-refractivity contribution < 1.29 is 14.3 Å². The van der Waals surface area contributed by atoms with Gasteiger partial charge in [-0.3, -0.25) is 9.59 Å². The number of nitrogens with one attached hydrogen (secondary N) is 2. The highest BCUT2D eigenvalue weighted by Crippen LogP contribution is 2.46. The summed E-state index contributed by atoms with van der Waals surface area (Å²) in [6.07, 6.45) is 4.28. The number of methoxy groups -OCH3 is 1. The number of carbonyl (C=O) groups is 2. The first-order valence-electron chi connectivity index (χ1n) is 11.2. The Morgan fingerprint density at radius 3 is 2.75 bits per heavy atom. The highest BCUT2D eigenvalue weighted by atomic mass is 79.9. The van der Waals surface area contributed by atoms with Crippen molar-refractivity contribution in [1.29, 1.82) is 0 Å². The Morgan fingerprint density at radius 2 is 2.03 bits per heavy atom. The third-order valence-corrected chi connectivity index (χ3v) is 7.23. The highest BCUT2D eigenvalue weighted by Gasteiger charge is 2.48. The van der Waals surface area contributed by atoms with E-state index in [0.29, 0.717) is 22.6 Å². The first kappa shape index (κ1) is 22.8. The van der Waals surface area contributed by atoms with Crippen LogP contribution >= 0.6 is 15.9 Å². The lowest BCUT2D eigenvalue weighted by atomic mass is 9.84. The van der Waals surface area contributed by atoms with Gasteiger partial charge in [0.1, 0.15) is 11.9 Å². The molecule has 1 saturated heterocycles. The van der Waals surface area contributed by atoms with E-state index in [1.165, 1.54) is 7.11 Å². The summed E-state index contributed by atoms with van der Waals surface area (Å²) >= 11 is 3.45. The van der Waals surface area contributed by atoms with Crippen LogP contribution in [-0.4, -0.2) is 46.1 Å². The fourth-order valence-corrected chi connectivity index (χ4v) is 5.52. The normalized spacial score (nSPS) is 23.8. The van der Waals surface area contributed by atoms with Gasteiger partial charge in [-0.25, -0.2) is 9.78 Å². The minimum atomic E-state index is -0.716. The van der Waals surface area contributed by atoms with Crippen LogP contribution in [0.1, 0.15) is 57.8 Å². The average Bonchev–Trinajstić information content (AvgIpc) is 3.15. The lowest BCUT2D eigenvalue weighted by molar-refractivity contribution is -0.138. The summed E-state index contributed by atoms with van der Waals surface area (Å²) in [6, 6.07) is 4.38. The fraction of sp³-hybridized carbons (Fsp3) is 0.565. The zero-order valence-corrected chi connectivity index (χ0v) is 20.1. The molecule has 2 aliphatic rings. The van der Waals surface area contributed by atoms with Crippen molar-refractivity contribution in [2.24, 2.45) is 11.8 Å². The van der Waals surface area contributed by atoms with Gasteiger partial charge in [-0.15, -0.1) is 0 Å². The molecule has 2 N–H and O–H groups in total. The van der Waals surface area contributed by atoms with Gasteiger partial charge in [0.25, 0.3) is 5.56 Å². The van der Waals surface area contributed by atoms with Gasteiger partial charge in [0.05, 0.1) is 24.1 Å². The first-order chi connectivity index (χ1) is 15.3. The predicted octanol–water partition coefficient (Wildman–Crippen LogP) is 3.90. The molecular weight excluding hydrogens is 476 g/mol. The minimum Gasteiger partial charge on any atom is -0.453 e. The third-order valence-electron chi connectivity index (χ3n) is 6.74. The number of benzene rings is 1. The van der Waals surface area contributed by atoms with Crippen molar-refractivity contribution in [3.8, 4) is 0 Å². The van der Waals surface area contributed by atoms with Gasteiger partial charge in [0.2, 0.25) is 5.91 Å². The number of aromatic amines is 1. The second kappa shape index (κ2) is 9.21. The summed E-state index contributed by atoms with van der Waals surface area (Å²) in [5.74, 6) is 0.585. The smallest absolute Gasteiger partial charge is 0.407 e. The van der Waals surface area contributed by atoms with Crippen LogP contribution in [0.25, 0.3) is 10.9 Å². The van der Waals surface area contributed by atoms with Gasteiger partial charge in [-0.2, -0.15) is 0 Å². The number of hydrogen-bond donors (Lipinski definition) is 2. The molecule has 0 spiro atoms. The zero-order valence-electron chi connectivity index (χ0n) is 18.6. The molecule has 0 unspecified atom stereocenters. The van der Waals surface area contributed by atoms with Gasteiger partial charge in [-0.05, 0) is 49.3 Å². The number of alkyl carbamates (subject to hydrolysis) is 1. The monoisotopic (exact) mass is 504 g/mol. The number of amides is 2. The molecule has 0 bridgehead atoms. The number of nitrogens with zero attached hydrogens (tertiary/aromatic N) is 2. The van der Waals surface area contributed by atoms with E-state index in [1.807, 2.05) is 30.9 Å². The quantitative estimate of drug-likeness (QED) is 0.656.